The van der Waals surface area contributed by atoms with Gasteiger partial charge in [0.25, 0.3) is 5.56 Å². The van der Waals surface area contributed by atoms with Crippen molar-refractivity contribution in [2.24, 2.45) is 0 Å². The number of ether oxygens (including phenoxy) is 1. The molecule has 2 N–H and O–H groups in total. The van der Waals surface area contributed by atoms with Crippen molar-refractivity contribution in [3.8, 4) is 28.7 Å². The molecule has 0 aliphatic carbocycles. The predicted molar refractivity (Wildman–Crippen MR) is 79.6 cm³/mol. The van der Waals surface area contributed by atoms with E-state index in [1.165, 1.54) is 7.11 Å². The number of hydrogen-bond donors (Lipinski definition) is 2. The lowest BCUT2D eigenvalue weighted by Crippen LogP contribution is -2.13. The second kappa shape index (κ2) is 5.33. The van der Waals surface area contributed by atoms with Gasteiger partial charge in [-0.15, -0.1) is 0 Å². The number of nitriles is 1. The first-order chi connectivity index (χ1) is 9.90. The standard InChI is InChI=1S/C16H16N2O3/c1-8-5-13(21-4)10(3)14(15(8)19)11-6-9(2)18-16(20)12(11)7-17/h5-6,19H,1-4H3,(H,18,20). The molecule has 2 aromatic rings. The predicted octanol–water partition coefficient (Wildman–Crippen LogP) is 2.55. The Morgan fingerprint density at radius 3 is 2.52 bits per heavy atom. The third-order valence-electron chi connectivity index (χ3n) is 3.47. The molecule has 0 bridgehead atoms. The maximum absolute atomic E-state index is 11.9. The molecule has 0 amide bonds. The Kier molecular flexibility index (Phi) is 3.72. The lowest BCUT2D eigenvalue weighted by Gasteiger charge is -2.16. The summed E-state index contributed by atoms with van der Waals surface area (Å²) >= 11 is 0. The summed E-state index contributed by atoms with van der Waals surface area (Å²) in [6.45, 7) is 5.25. The van der Waals surface area contributed by atoms with Crippen LogP contribution in [0.4, 0.5) is 0 Å². The van der Waals surface area contributed by atoms with Gasteiger partial charge in [0.05, 0.1) is 7.11 Å². The molecule has 1 heterocycles. The van der Waals surface area contributed by atoms with Crippen molar-refractivity contribution in [3.63, 3.8) is 0 Å². The van der Waals surface area contributed by atoms with E-state index in [1.807, 2.05) is 6.07 Å². The van der Waals surface area contributed by atoms with Crippen LogP contribution in [0.3, 0.4) is 0 Å². The maximum Gasteiger partial charge on any atom is 0.266 e. The second-order valence-corrected chi connectivity index (χ2v) is 4.93. The number of nitrogens with one attached hydrogen (secondary N) is 1. The number of methoxy groups -OCH3 is 1. The average Bonchev–Trinajstić information content (AvgIpc) is 2.42. The zero-order valence-corrected chi connectivity index (χ0v) is 12.4. The van der Waals surface area contributed by atoms with Crippen molar-refractivity contribution in [1.29, 1.82) is 5.26 Å². The lowest BCUT2D eigenvalue weighted by molar-refractivity contribution is 0.408. The van der Waals surface area contributed by atoms with E-state index < -0.39 is 5.56 Å². The molecule has 0 fully saturated rings. The van der Waals surface area contributed by atoms with E-state index in [2.05, 4.69) is 4.98 Å². The van der Waals surface area contributed by atoms with Gasteiger partial charge in [-0.2, -0.15) is 5.26 Å². The minimum atomic E-state index is -0.466. The molecular formula is C16H16N2O3. The number of phenolic OH excluding ortho intramolecular Hbond substituents is 1. The minimum Gasteiger partial charge on any atom is -0.507 e. The van der Waals surface area contributed by atoms with Crippen LogP contribution in [-0.4, -0.2) is 17.2 Å². The topological polar surface area (TPSA) is 86.1 Å². The van der Waals surface area contributed by atoms with Gasteiger partial charge in [-0.05, 0) is 38.5 Å². The molecule has 108 valence electrons. The normalized spacial score (nSPS) is 10.2. The van der Waals surface area contributed by atoms with Crippen LogP contribution < -0.4 is 10.3 Å². The summed E-state index contributed by atoms with van der Waals surface area (Å²) in [5.74, 6) is 0.650. The van der Waals surface area contributed by atoms with Crippen molar-refractivity contribution in [1.82, 2.24) is 4.98 Å². The lowest BCUT2D eigenvalue weighted by atomic mass is 9.93. The van der Waals surface area contributed by atoms with Gasteiger partial charge in [0, 0.05) is 22.4 Å². The summed E-state index contributed by atoms with van der Waals surface area (Å²) in [6, 6.07) is 5.31. The van der Waals surface area contributed by atoms with Crippen LogP contribution in [-0.2, 0) is 0 Å². The van der Waals surface area contributed by atoms with Gasteiger partial charge >= 0.3 is 0 Å². The minimum absolute atomic E-state index is 0.0216. The fourth-order valence-corrected chi connectivity index (χ4v) is 2.41. The summed E-state index contributed by atoms with van der Waals surface area (Å²) in [5, 5.41) is 19.6. The number of H-pyrrole nitrogens is 1. The van der Waals surface area contributed by atoms with E-state index in [4.69, 9.17) is 4.74 Å². The largest absolute Gasteiger partial charge is 0.507 e. The molecule has 5 nitrogen and oxygen atoms in total. The number of hydrogen-bond acceptors (Lipinski definition) is 4. The van der Waals surface area contributed by atoms with Crippen molar-refractivity contribution in [2.75, 3.05) is 7.11 Å². The van der Waals surface area contributed by atoms with Crippen LogP contribution in [0.15, 0.2) is 16.9 Å². The molecule has 0 aliphatic heterocycles. The summed E-state index contributed by atoms with van der Waals surface area (Å²) in [6.07, 6.45) is 0. The van der Waals surface area contributed by atoms with E-state index in [0.29, 0.717) is 33.7 Å². The number of aromatic amines is 1. The van der Waals surface area contributed by atoms with Gasteiger partial charge in [0.2, 0.25) is 0 Å². The number of aryl methyl sites for hydroxylation is 2. The molecule has 2 rings (SSSR count). The van der Waals surface area contributed by atoms with Gasteiger partial charge in [0.15, 0.2) is 0 Å². The summed E-state index contributed by atoms with van der Waals surface area (Å²) < 4.78 is 5.30. The first-order valence-electron chi connectivity index (χ1n) is 6.42. The fourth-order valence-electron chi connectivity index (χ4n) is 2.41. The first-order valence-corrected chi connectivity index (χ1v) is 6.42. The molecule has 5 heteroatoms. The monoisotopic (exact) mass is 284 g/mol. The van der Waals surface area contributed by atoms with Crippen molar-refractivity contribution < 1.29 is 9.84 Å². The molecule has 0 saturated heterocycles. The molecule has 0 atom stereocenters. The Morgan fingerprint density at radius 1 is 1.29 bits per heavy atom. The number of benzene rings is 1. The van der Waals surface area contributed by atoms with E-state index >= 15 is 0 Å². The van der Waals surface area contributed by atoms with Gasteiger partial charge in [-0.25, -0.2) is 0 Å². The maximum atomic E-state index is 11.9. The number of aromatic nitrogens is 1. The molecule has 0 aliphatic rings. The van der Waals surface area contributed by atoms with Crippen LogP contribution in [0.25, 0.3) is 11.1 Å². The Balaban J connectivity index is 2.95. The highest BCUT2D eigenvalue weighted by molar-refractivity contribution is 5.81. The Labute approximate surface area is 122 Å². The highest BCUT2D eigenvalue weighted by Crippen LogP contribution is 2.40. The van der Waals surface area contributed by atoms with E-state index in [-0.39, 0.29) is 11.3 Å². The molecule has 1 aromatic heterocycles. The SMILES string of the molecule is COc1cc(C)c(O)c(-c2cc(C)[nH]c(=O)c2C#N)c1C. The average molecular weight is 284 g/mol. The summed E-state index contributed by atoms with van der Waals surface area (Å²) in [4.78, 5) is 14.5. The first kappa shape index (κ1) is 14.7. The number of aromatic hydroxyl groups is 1. The Hall–Kier alpha value is -2.74. The molecule has 0 spiro atoms. The van der Waals surface area contributed by atoms with Gasteiger partial charge in [-0.1, -0.05) is 0 Å². The molecule has 1 aromatic carbocycles. The van der Waals surface area contributed by atoms with E-state index in [1.54, 1.807) is 32.9 Å². The smallest absolute Gasteiger partial charge is 0.266 e. The zero-order valence-electron chi connectivity index (χ0n) is 12.4. The van der Waals surface area contributed by atoms with Crippen molar-refractivity contribution in [3.05, 3.63) is 44.9 Å². The molecule has 0 unspecified atom stereocenters. The van der Waals surface area contributed by atoms with Crippen LogP contribution >= 0.6 is 0 Å². The highest BCUT2D eigenvalue weighted by Gasteiger charge is 2.19. The number of rotatable bonds is 2. The summed E-state index contributed by atoms with van der Waals surface area (Å²) in [7, 11) is 1.54. The van der Waals surface area contributed by atoms with Gasteiger partial charge in [0.1, 0.15) is 23.1 Å². The van der Waals surface area contributed by atoms with Crippen molar-refractivity contribution in [2.45, 2.75) is 20.8 Å². The van der Waals surface area contributed by atoms with Crippen LogP contribution in [0.2, 0.25) is 0 Å². The second-order valence-electron chi connectivity index (χ2n) is 4.93. The Morgan fingerprint density at radius 2 is 1.95 bits per heavy atom. The fraction of sp³-hybridized carbons (Fsp3) is 0.250. The number of nitrogens with zero attached hydrogens (tertiary/aromatic N) is 1. The number of phenols is 1. The summed E-state index contributed by atoms with van der Waals surface area (Å²) in [5.41, 5.74) is 2.30. The van der Waals surface area contributed by atoms with Crippen LogP contribution in [0.1, 0.15) is 22.4 Å². The Bertz CT molecular complexity index is 814. The van der Waals surface area contributed by atoms with E-state index in [0.717, 1.165) is 0 Å². The molecule has 0 radical (unpaired) electrons. The quantitative estimate of drug-likeness (QED) is 0.887. The van der Waals surface area contributed by atoms with Gasteiger partial charge in [-0.3, -0.25) is 4.79 Å². The molecule has 21 heavy (non-hydrogen) atoms. The highest BCUT2D eigenvalue weighted by atomic mass is 16.5. The van der Waals surface area contributed by atoms with Gasteiger partial charge < -0.3 is 14.8 Å². The molecule has 0 saturated carbocycles. The van der Waals surface area contributed by atoms with Crippen LogP contribution in [0.5, 0.6) is 11.5 Å². The van der Waals surface area contributed by atoms with Crippen LogP contribution in [0, 0.1) is 32.1 Å². The number of pyridine rings is 1. The molecular weight excluding hydrogens is 268 g/mol. The third-order valence-corrected chi connectivity index (χ3v) is 3.47. The van der Waals surface area contributed by atoms with Crippen molar-refractivity contribution >= 4 is 0 Å². The third kappa shape index (κ3) is 2.36. The van der Waals surface area contributed by atoms with E-state index in [9.17, 15) is 15.2 Å². The zero-order chi connectivity index (χ0) is 15.7.